The first kappa shape index (κ1) is 28.4. The van der Waals surface area contributed by atoms with Crippen LogP contribution in [0.1, 0.15) is 37.2 Å². The van der Waals surface area contributed by atoms with E-state index in [9.17, 15) is 8.42 Å². The van der Waals surface area contributed by atoms with Crippen LogP contribution in [0.15, 0.2) is 42.2 Å². The van der Waals surface area contributed by atoms with Crippen molar-refractivity contribution in [3.05, 3.63) is 59.2 Å². The van der Waals surface area contributed by atoms with Gasteiger partial charge in [0.15, 0.2) is 0 Å². The summed E-state index contributed by atoms with van der Waals surface area (Å²) in [5, 5.41) is 6.64. The van der Waals surface area contributed by atoms with E-state index in [1.807, 2.05) is 37.4 Å². The molecule has 0 bridgehead atoms. The SMILES string of the molecule is CNS(=O)(=O)CCc1ccc(Nc2nccc(N(C)C3=Cc4nc(NC(C)C)n(C)c4CC3)n2)cc1.Cl. The molecule has 1 aliphatic carbocycles. The molecule has 10 nitrogen and oxygen atoms in total. The van der Waals surface area contributed by atoms with Gasteiger partial charge in [0.2, 0.25) is 21.9 Å². The molecule has 0 saturated carbocycles. The van der Waals surface area contributed by atoms with Gasteiger partial charge >= 0.3 is 0 Å². The highest BCUT2D eigenvalue weighted by Crippen LogP contribution is 2.29. The maximum atomic E-state index is 11.6. The highest BCUT2D eigenvalue weighted by atomic mass is 35.5. The number of anilines is 4. The lowest BCUT2D eigenvalue weighted by molar-refractivity contribution is 0.587. The predicted octanol–water partition coefficient (Wildman–Crippen LogP) is 3.71. The molecule has 3 N–H and O–H groups in total. The zero-order valence-electron chi connectivity index (χ0n) is 21.8. The Morgan fingerprint density at radius 1 is 1.11 bits per heavy atom. The van der Waals surface area contributed by atoms with Crippen molar-refractivity contribution >= 4 is 51.9 Å². The molecule has 0 amide bonds. The van der Waals surface area contributed by atoms with Gasteiger partial charge in [0.25, 0.3) is 0 Å². The van der Waals surface area contributed by atoms with Gasteiger partial charge in [0.05, 0.1) is 11.4 Å². The monoisotopic (exact) mass is 546 g/mol. The Morgan fingerprint density at radius 3 is 2.51 bits per heavy atom. The predicted molar refractivity (Wildman–Crippen MR) is 152 cm³/mol. The van der Waals surface area contributed by atoms with Crippen LogP contribution in [0, 0.1) is 0 Å². The molecule has 3 aromatic rings. The molecule has 0 aliphatic heterocycles. The van der Waals surface area contributed by atoms with Crippen LogP contribution in [0.3, 0.4) is 0 Å². The van der Waals surface area contributed by atoms with Gasteiger partial charge in [-0.3, -0.25) is 0 Å². The number of nitrogens with one attached hydrogen (secondary N) is 3. The molecule has 200 valence electrons. The molecule has 37 heavy (non-hydrogen) atoms. The average molecular weight is 547 g/mol. The van der Waals surface area contributed by atoms with Crippen molar-refractivity contribution in [2.75, 3.05) is 35.4 Å². The molecular weight excluding hydrogens is 512 g/mol. The van der Waals surface area contributed by atoms with E-state index in [2.05, 4.69) is 56.8 Å². The van der Waals surface area contributed by atoms with Crippen LogP contribution < -0.4 is 20.3 Å². The molecule has 0 radical (unpaired) electrons. The van der Waals surface area contributed by atoms with Crippen LogP contribution in [0.4, 0.5) is 23.4 Å². The summed E-state index contributed by atoms with van der Waals surface area (Å²) in [7, 11) is 2.26. The Bertz CT molecular complexity index is 1350. The highest BCUT2D eigenvalue weighted by molar-refractivity contribution is 7.89. The van der Waals surface area contributed by atoms with Gasteiger partial charge in [-0.2, -0.15) is 4.98 Å². The summed E-state index contributed by atoms with van der Waals surface area (Å²) in [5.41, 5.74) is 5.13. The lowest BCUT2D eigenvalue weighted by Gasteiger charge is -2.24. The van der Waals surface area contributed by atoms with Gasteiger partial charge < -0.3 is 20.1 Å². The summed E-state index contributed by atoms with van der Waals surface area (Å²) in [6.07, 6.45) is 6.11. The van der Waals surface area contributed by atoms with Crippen molar-refractivity contribution < 1.29 is 8.42 Å². The summed E-state index contributed by atoms with van der Waals surface area (Å²) >= 11 is 0. The van der Waals surface area contributed by atoms with Crippen LogP contribution in [0.25, 0.3) is 6.08 Å². The smallest absolute Gasteiger partial charge is 0.229 e. The number of hydrogen-bond donors (Lipinski definition) is 3. The summed E-state index contributed by atoms with van der Waals surface area (Å²) in [6.45, 7) is 4.21. The summed E-state index contributed by atoms with van der Waals surface area (Å²) < 4.78 is 27.8. The van der Waals surface area contributed by atoms with Gasteiger partial charge in [-0.1, -0.05) is 12.1 Å². The number of halogens is 1. The number of benzene rings is 1. The second-order valence-electron chi connectivity index (χ2n) is 9.15. The molecule has 0 atom stereocenters. The van der Waals surface area contributed by atoms with Crippen molar-refractivity contribution in [2.45, 2.75) is 39.2 Å². The Morgan fingerprint density at radius 2 is 1.84 bits per heavy atom. The fourth-order valence-electron chi connectivity index (χ4n) is 4.07. The van der Waals surface area contributed by atoms with E-state index in [0.717, 1.165) is 47.2 Å². The van der Waals surface area contributed by atoms with Crippen LogP contribution in [-0.4, -0.2) is 53.8 Å². The Labute approximate surface area is 225 Å². The minimum absolute atomic E-state index is 0. The van der Waals surface area contributed by atoms with Crippen LogP contribution in [0.2, 0.25) is 0 Å². The molecule has 12 heteroatoms. The Hall–Kier alpha value is -3.15. The number of hydrogen-bond acceptors (Lipinski definition) is 8. The number of sulfonamides is 1. The van der Waals surface area contributed by atoms with E-state index >= 15 is 0 Å². The first-order chi connectivity index (χ1) is 17.1. The fourth-order valence-corrected chi connectivity index (χ4v) is 4.78. The van der Waals surface area contributed by atoms with E-state index in [1.165, 1.54) is 12.7 Å². The molecule has 0 saturated heterocycles. The van der Waals surface area contributed by atoms with Crippen molar-refractivity contribution in [3.8, 4) is 0 Å². The fraction of sp³-hybridized carbons (Fsp3) is 0.400. The van der Waals surface area contributed by atoms with Crippen LogP contribution in [0.5, 0.6) is 0 Å². The molecule has 2 aromatic heterocycles. The van der Waals surface area contributed by atoms with E-state index in [4.69, 9.17) is 9.97 Å². The number of imidazole rings is 1. The molecule has 0 spiro atoms. The van der Waals surface area contributed by atoms with Crippen LogP contribution >= 0.6 is 12.4 Å². The zero-order valence-corrected chi connectivity index (χ0v) is 23.4. The van der Waals surface area contributed by atoms with Gasteiger partial charge in [-0.05, 0) is 70.0 Å². The van der Waals surface area contributed by atoms with Gasteiger partial charge in [-0.25, -0.2) is 23.1 Å². The van der Waals surface area contributed by atoms with Crippen LogP contribution in [-0.2, 0) is 29.9 Å². The quantitative estimate of drug-likeness (QED) is 0.352. The zero-order chi connectivity index (χ0) is 25.9. The maximum Gasteiger partial charge on any atom is 0.229 e. The van der Waals surface area contributed by atoms with E-state index in [-0.39, 0.29) is 18.2 Å². The highest BCUT2D eigenvalue weighted by Gasteiger charge is 2.21. The number of aryl methyl sites for hydroxylation is 1. The van der Waals surface area contributed by atoms with E-state index in [0.29, 0.717) is 18.4 Å². The first-order valence-electron chi connectivity index (χ1n) is 12.0. The lowest BCUT2D eigenvalue weighted by Crippen LogP contribution is -2.23. The van der Waals surface area contributed by atoms with Crippen molar-refractivity contribution in [2.24, 2.45) is 7.05 Å². The summed E-state index contributed by atoms with van der Waals surface area (Å²) in [6, 6.07) is 9.81. The van der Waals surface area contributed by atoms with Crippen molar-refractivity contribution in [1.29, 1.82) is 0 Å². The third kappa shape index (κ3) is 7.00. The normalized spacial score (nSPS) is 13.0. The Kier molecular flexibility index (Phi) is 9.16. The number of aromatic nitrogens is 4. The topological polar surface area (TPSA) is 117 Å². The third-order valence-corrected chi connectivity index (χ3v) is 7.54. The second-order valence-corrected chi connectivity index (χ2v) is 11.2. The number of fused-ring (bicyclic) bond motifs is 1. The average Bonchev–Trinajstić information content (AvgIpc) is 3.17. The maximum absolute atomic E-state index is 11.6. The molecule has 2 heterocycles. The van der Waals surface area contributed by atoms with Crippen molar-refractivity contribution in [3.63, 3.8) is 0 Å². The molecule has 0 unspecified atom stereocenters. The number of nitrogens with zero attached hydrogens (tertiary/aromatic N) is 5. The third-order valence-electron chi connectivity index (χ3n) is 6.18. The van der Waals surface area contributed by atoms with Gasteiger partial charge in [-0.15, -0.1) is 12.4 Å². The molecule has 4 rings (SSSR count). The van der Waals surface area contributed by atoms with Gasteiger partial charge in [0.1, 0.15) is 5.82 Å². The summed E-state index contributed by atoms with van der Waals surface area (Å²) in [4.78, 5) is 15.9. The molecular formula is C25H35ClN8O2S. The lowest BCUT2D eigenvalue weighted by atomic mass is 10.0. The number of rotatable bonds is 10. The first-order valence-corrected chi connectivity index (χ1v) is 13.7. The largest absolute Gasteiger partial charge is 0.353 e. The number of allylic oxidation sites excluding steroid dienone is 1. The van der Waals surface area contributed by atoms with Gasteiger partial charge in [0, 0.05) is 43.4 Å². The molecule has 1 aliphatic rings. The standard InChI is InChI=1S/C25H34N8O2S.ClH/c1-17(2)28-25-30-21-16-20(10-11-22(21)33(25)5)32(4)23-12-14-27-24(31-23)29-19-8-6-18(7-9-19)13-15-36(34,35)26-3;/h6-9,12,14,16-17,26H,10-11,13,15H2,1-5H3,(H,28,30)(H,27,29,31);1H. The van der Waals surface area contributed by atoms with E-state index < -0.39 is 10.0 Å². The molecule has 0 fully saturated rings. The van der Waals surface area contributed by atoms with E-state index in [1.54, 1.807) is 6.20 Å². The second kappa shape index (κ2) is 11.9. The minimum atomic E-state index is -3.22. The minimum Gasteiger partial charge on any atom is -0.353 e. The Balaban J connectivity index is 0.00000380. The summed E-state index contributed by atoms with van der Waals surface area (Å²) in [5.74, 6) is 2.22. The van der Waals surface area contributed by atoms with Crippen molar-refractivity contribution in [1.82, 2.24) is 24.2 Å². The molecule has 1 aromatic carbocycles.